The Labute approximate surface area is 227 Å². The molecule has 7 nitrogen and oxygen atoms in total. The molecule has 1 amide bonds. The van der Waals surface area contributed by atoms with Gasteiger partial charge in [-0.3, -0.25) is 14.5 Å². The molecule has 3 aromatic rings. The summed E-state index contributed by atoms with van der Waals surface area (Å²) in [6, 6.07) is 18.4. The van der Waals surface area contributed by atoms with Gasteiger partial charge in [0.25, 0.3) is 11.7 Å². The Morgan fingerprint density at radius 3 is 2.26 bits per heavy atom. The Morgan fingerprint density at radius 2 is 1.68 bits per heavy atom. The number of aliphatic hydroxyl groups is 1. The number of Topliss-reactive ketones (excluding diaryl/α,β-unsaturated/α-hetero) is 1. The van der Waals surface area contributed by atoms with E-state index in [9.17, 15) is 14.7 Å². The van der Waals surface area contributed by atoms with E-state index in [1.807, 2.05) is 64.0 Å². The zero-order chi connectivity index (χ0) is 27.6. The molecule has 1 fully saturated rings. The normalized spacial score (nSPS) is 16.7. The molecule has 8 heteroatoms. The topological polar surface area (TPSA) is 79.3 Å². The van der Waals surface area contributed by atoms with E-state index in [4.69, 9.17) is 21.1 Å². The van der Waals surface area contributed by atoms with E-state index in [0.29, 0.717) is 39.9 Å². The first-order chi connectivity index (χ1) is 18.1. The van der Waals surface area contributed by atoms with E-state index in [0.717, 1.165) is 5.69 Å². The Morgan fingerprint density at radius 1 is 1.03 bits per heavy atom. The second-order valence-electron chi connectivity index (χ2n) is 9.39. The van der Waals surface area contributed by atoms with Crippen molar-refractivity contribution in [1.29, 1.82) is 0 Å². The number of aliphatic hydroxyl groups excluding tert-OH is 1. The summed E-state index contributed by atoms with van der Waals surface area (Å²) in [5, 5.41) is 11.8. The molecule has 1 N–H and O–H groups in total. The first-order valence-electron chi connectivity index (χ1n) is 12.4. The summed E-state index contributed by atoms with van der Waals surface area (Å²) in [4.78, 5) is 30.3. The Balaban J connectivity index is 1.87. The maximum atomic E-state index is 13.5. The fraction of sp³-hybridized carbons (Fsp3) is 0.267. The number of carbonyl (C=O) groups is 2. The standard InChI is InChI=1S/C30H31ClN2O5/c1-6-37-25-17-20(9-16-24(25)31)28(34)26-27(19-7-10-21(11-8-19)32(4)5)33(30(36)29(26)35)22-12-14-23(15-13-22)38-18(2)3/h7-18,27,34H,6H2,1-5H3/b28-26-. The van der Waals surface area contributed by atoms with Gasteiger partial charge in [-0.05, 0) is 80.9 Å². The molecule has 4 rings (SSSR count). The summed E-state index contributed by atoms with van der Waals surface area (Å²) in [6.45, 7) is 6.06. The minimum atomic E-state index is -0.852. The SMILES string of the molecule is CCOc1cc(/C(O)=C2/C(=O)C(=O)N(c3ccc(OC(C)C)cc3)C2c2ccc(N(C)C)cc2)ccc1Cl. The summed E-state index contributed by atoms with van der Waals surface area (Å²) in [7, 11) is 3.86. The number of nitrogens with zero attached hydrogens (tertiary/aromatic N) is 2. The molecule has 1 aliphatic heterocycles. The van der Waals surface area contributed by atoms with E-state index in [2.05, 4.69) is 0 Å². The second-order valence-corrected chi connectivity index (χ2v) is 9.80. The van der Waals surface area contributed by atoms with Gasteiger partial charge in [0, 0.05) is 31.0 Å². The van der Waals surface area contributed by atoms with Gasteiger partial charge in [0.15, 0.2) is 0 Å². The second kappa shape index (κ2) is 11.2. The van der Waals surface area contributed by atoms with Crippen molar-refractivity contribution in [2.24, 2.45) is 0 Å². The smallest absolute Gasteiger partial charge is 0.300 e. The molecule has 198 valence electrons. The number of anilines is 2. The number of halogens is 1. The van der Waals surface area contributed by atoms with Crippen molar-refractivity contribution in [1.82, 2.24) is 0 Å². The highest BCUT2D eigenvalue weighted by Gasteiger charge is 2.47. The lowest BCUT2D eigenvalue weighted by Gasteiger charge is -2.26. The number of ketones is 1. The number of hydrogen-bond acceptors (Lipinski definition) is 6. The van der Waals surface area contributed by atoms with Crippen LogP contribution in [0.3, 0.4) is 0 Å². The van der Waals surface area contributed by atoms with Crippen molar-refractivity contribution in [3.63, 3.8) is 0 Å². The highest BCUT2D eigenvalue weighted by atomic mass is 35.5. The Kier molecular flexibility index (Phi) is 7.97. The maximum absolute atomic E-state index is 13.5. The van der Waals surface area contributed by atoms with Crippen molar-refractivity contribution < 1.29 is 24.2 Å². The Bertz CT molecular complexity index is 1360. The van der Waals surface area contributed by atoms with Gasteiger partial charge in [-0.15, -0.1) is 0 Å². The van der Waals surface area contributed by atoms with Gasteiger partial charge in [-0.1, -0.05) is 23.7 Å². The number of amides is 1. The predicted octanol–water partition coefficient (Wildman–Crippen LogP) is 6.22. The molecule has 0 saturated carbocycles. The van der Waals surface area contributed by atoms with Crippen molar-refractivity contribution >= 4 is 40.4 Å². The van der Waals surface area contributed by atoms with Gasteiger partial charge >= 0.3 is 0 Å². The zero-order valence-electron chi connectivity index (χ0n) is 22.1. The predicted molar refractivity (Wildman–Crippen MR) is 150 cm³/mol. The number of hydrogen-bond donors (Lipinski definition) is 1. The quantitative estimate of drug-likeness (QED) is 0.210. The number of carbonyl (C=O) groups excluding carboxylic acids is 2. The molecule has 0 radical (unpaired) electrons. The molecular weight excluding hydrogens is 504 g/mol. The largest absolute Gasteiger partial charge is 0.507 e. The summed E-state index contributed by atoms with van der Waals surface area (Å²) >= 11 is 6.24. The van der Waals surface area contributed by atoms with Crippen molar-refractivity contribution in [3.05, 3.63) is 88.5 Å². The third-order valence-corrected chi connectivity index (χ3v) is 6.47. The van der Waals surface area contributed by atoms with E-state index >= 15 is 0 Å². The third kappa shape index (κ3) is 5.34. The van der Waals surface area contributed by atoms with Crippen LogP contribution in [-0.2, 0) is 9.59 Å². The molecule has 1 unspecified atom stereocenters. The van der Waals surface area contributed by atoms with Gasteiger partial charge in [-0.25, -0.2) is 0 Å². The maximum Gasteiger partial charge on any atom is 0.300 e. The molecule has 38 heavy (non-hydrogen) atoms. The van der Waals surface area contributed by atoms with Crippen LogP contribution >= 0.6 is 11.6 Å². The molecule has 1 saturated heterocycles. The van der Waals surface area contributed by atoms with E-state index < -0.39 is 17.7 Å². The molecular formula is C30H31ClN2O5. The van der Waals surface area contributed by atoms with Crippen LogP contribution < -0.4 is 19.3 Å². The van der Waals surface area contributed by atoms with Gasteiger partial charge in [0.1, 0.15) is 17.3 Å². The van der Waals surface area contributed by atoms with Gasteiger partial charge in [0.2, 0.25) is 0 Å². The van der Waals surface area contributed by atoms with E-state index in [1.165, 1.54) is 4.90 Å². The fourth-order valence-corrected chi connectivity index (χ4v) is 4.57. The van der Waals surface area contributed by atoms with Crippen LogP contribution in [-0.4, -0.2) is 43.6 Å². The molecule has 1 atom stereocenters. The molecule has 1 aliphatic rings. The first kappa shape index (κ1) is 27.1. The van der Waals surface area contributed by atoms with Crippen LogP contribution in [0.25, 0.3) is 5.76 Å². The summed E-state index contributed by atoms with van der Waals surface area (Å²) in [5.41, 5.74) is 2.46. The van der Waals surface area contributed by atoms with Crippen LogP contribution in [0.15, 0.2) is 72.3 Å². The van der Waals surface area contributed by atoms with E-state index in [-0.39, 0.29) is 17.4 Å². The zero-order valence-corrected chi connectivity index (χ0v) is 22.8. The average Bonchev–Trinajstić information content (AvgIpc) is 3.15. The monoisotopic (exact) mass is 534 g/mol. The van der Waals surface area contributed by atoms with Crippen LogP contribution in [0.4, 0.5) is 11.4 Å². The third-order valence-electron chi connectivity index (χ3n) is 6.16. The van der Waals surface area contributed by atoms with Crippen LogP contribution in [0.5, 0.6) is 11.5 Å². The minimum absolute atomic E-state index is 0.00811. The van der Waals surface area contributed by atoms with Gasteiger partial charge < -0.3 is 19.5 Å². The van der Waals surface area contributed by atoms with Crippen molar-refractivity contribution in [2.75, 3.05) is 30.5 Å². The van der Waals surface area contributed by atoms with Gasteiger partial charge in [-0.2, -0.15) is 0 Å². The first-order valence-corrected chi connectivity index (χ1v) is 12.8. The van der Waals surface area contributed by atoms with Crippen molar-refractivity contribution in [3.8, 4) is 11.5 Å². The summed E-state index contributed by atoms with van der Waals surface area (Å²) < 4.78 is 11.3. The Hall–Kier alpha value is -3.97. The minimum Gasteiger partial charge on any atom is -0.507 e. The molecule has 0 aliphatic carbocycles. The van der Waals surface area contributed by atoms with Crippen molar-refractivity contribution in [2.45, 2.75) is 32.9 Å². The molecule has 0 spiro atoms. The lowest BCUT2D eigenvalue weighted by Crippen LogP contribution is -2.29. The highest BCUT2D eigenvalue weighted by molar-refractivity contribution is 6.51. The summed E-state index contributed by atoms with van der Waals surface area (Å²) in [5.74, 6) is -0.786. The van der Waals surface area contributed by atoms with Crippen LogP contribution in [0.1, 0.15) is 37.9 Å². The van der Waals surface area contributed by atoms with Crippen LogP contribution in [0, 0.1) is 0 Å². The molecule has 3 aromatic carbocycles. The molecule has 0 aromatic heterocycles. The molecule has 1 heterocycles. The number of ether oxygens (including phenoxy) is 2. The van der Waals surface area contributed by atoms with E-state index in [1.54, 1.807) is 42.5 Å². The van der Waals surface area contributed by atoms with Crippen LogP contribution in [0.2, 0.25) is 5.02 Å². The average molecular weight is 535 g/mol. The lowest BCUT2D eigenvalue weighted by molar-refractivity contribution is -0.132. The van der Waals surface area contributed by atoms with Gasteiger partial charge in [0.05, 0.1) is 29.3 Å². The molecule has 0 bridgehead atoms. The number of benzene rings is 3. The summed E-state index contributed by atoms with van der Waals surface area (Å²) in [6.07, 6.45) is -0.00811. The lowest BCUT2D eigenvalue weighted by atomic mass is 9.94. The fourth-order valence-electron chi connectivity index (χ4n) is 4.40. The number of rotatable bonds is 8. The highest BCUT2D eigenvalue weighted by Crippen LogP contribution is 2.43.